The summed E-state index contributed by atoms with van der Waals surface area (Å²) in [5.41, 5.74) is 7.09. The van der Waals surface area contributed by atoms with Crippen LogP contribution in [0.2, 0.25) is 0 Å². The Balaban J connectivity index is 1.11. The van der Waals surface area contributed by atoms with Gasteiger partial charge in [0.1, 0.15) is 11.4 Å². The molecule has 9 heteroatoms. The second kappa shape index (κ2) is 11.8. The van der Waals surface area contributed by atoms with E-state index in [9.17, 15) is 14.7 Å². The first-order valence-electron chi connectivity index (χ1n) is 16.0. The van der Waals surface area contributed by atoms with Crippen LogP contribution in [0.25, 0.3) is 17.1 Å². The fraction of sp³-hybridized carbons (Fsp3) is 0.389. The average Bonchev–Trinajstić information content (AvgIpc) is 3.62. The lowest BCUT2D eigenvalue weighted by molar-refractivity contribution is -0.132. The smallest absolute Gasteiger partial charge is 0.339 e. The normalized spacial score (nSPS) is 18.2. The fourth-order valence-corrected chi connectivity index (χ4v) is 7.12. The van der Waals surface area contributed by atoms with Crippen LogP contribution in [-0.4, -0.2) is 49.7 Å². The Bertz CT molecular complexity index is 1760. The molecule has 2 N–H and O–H groups in total. The van der Waals surface area contributed by atoms with E-state index >= 15 is 4.39 Å². The quantitative estimate of drug-likeness (QED) is 0.224. The zero-order valence-corrected chi connectivity index (χ0v) is 25.7. The minimum absolute atomic E-state index is 0.0912. The van der Waals surface area contributed by atoms with Crippen LogP contribution >= 0.6 is 0 Å². The number of pyridine rings is 1. The van der Waals surface area contributed by atoms with Gasteiger partial charge in [0, 0.05) is 25.1 Å². The van der Waals surface area contributed by atoms with Crippen molar-refractivity contribution in [2.24, 2.45) is 5.92 Å². The van der Waals surface area contributed by atoms with Crippen LogP contribution in [0.4, 0.5) is 10.1 Å². The first-order chi connectivity index (χ1) is 21.8. The number of rotatable bonds is 8. The highest BCUT2D eigenvalue weighted by molar-refractivity contribution is 5.88. The minimum Gasteiger partial charge on any atom is -0.478 e. The molecule has 4 aromatic rings. The third kappa shape index (κ3) is 5.72. The second-order valence-corrected chi connectivity index (χ2v) is 12.9. The lowest BCUT2D eigenvalue weighted by Crippen LogP contribution is -2.38. The molecule has 1 amide bonds. The minimum atomic E-state index is -1.03. The van der Waals surface area contributed by atoms with Gasteiger partial charge >= 0.3 is 5.97 Å². The van der Waals surface area contributed by atoms with E-state index in [2.05, 4.69) is 22.5 Å². The second-order valence-electron chi connectivity index (χ2n) is 12.9. The molecule has 3 aliphatic rings. The molecule has 1 atom stereocenters. The number of nitrogens with zero attached hydrogens (tertiary/aromatic N) is 4. The number of fused-ring (bicyclic) bond motifs is 1. The number of piperidine rings is 1. The largest absolute Gasteiger partial charge is 0.478 e. The van der Waals surface area contributed by atoms with Crippen molar-refractivity contribution in [2.45, 2.75) is 70.8 Å². The first-order valence-corrected chi connectivity index (χ1v) is 16.0. The summed E-state index contributed by atoms with van der Waals surface area (Å²) in [6.45, 7) is 5.17. The zero-order chi connectivity index (χ0) is 31.2. The molecule has 2 aliphatic carbocycles. The van der Waals surface area contributed by atoms with Crippen LogP contribution < -0.4 is 5.32 Å². The molecule has 1 aliphatic heterocycles. The van der Waals surface area contributed by atoms with Gasteiger partial charge in [-0.15, -0.1) is 0 Å². The van der Waals surface area contributed by atoms with Gasteiger partial charge in [0.25, 0.3) is 0 Å². The van der Waals surface area contributed by atoms with Crippen molar-refractivity contribution >= 4 is 17.6 Å². The number of nitrogens with one attached hydrogen (secondary N) is 1. The molecule has 2 aromatic heterocycles. The summed E-state index contributed by atoms with van der Waals surface area (Å²) < 4.78 is 17.4. The number of aryl methyl sites for hydroxylation is 2. The topological polar surface area (TPSA) is 100 Å². The van der Waals surface area contributed by atoms with Gasteiger partial charge in [-0.2, -0.15) is 5.10 Å². The van der Waals surface area contributed by atoms with Crippen LogP contribution in [0, 0.1) is 25.6 Å². The van der Waals surface area contributed by atoms with Gasteiger partial charge < -0.3 is 15.3 Å². The fourth-order valence-electron chi connectivity index (χ4n) is 7.12. The highest BCUT2D eigenvalue weighted by Crippen LogP contribution is 2.42. The van der Waals surface area contributed by atoms with Gasteiger partial charge in [0.15, 0.2) is 5.82 Å². The molecule has 7 rings (SSSR count). The van der Waals surface area contributed by atoms with E-state index in [1.54, 1.807) is 17.7 Å². The Morgan fingerprint density at radius 1 is 1.02 bits per heavy atom. The molecular weight excluding hydrogens is 569 g/mol. The van der Waals surface area contributed by atoms with Crippen molar-refractivity contribution in [3.63, 3.8) is 0 Å². The summed E-state index contributed by atoms with van der Waals surface area (Å²) >= 11 is 0. The van der Waals surface area contributed by atoms with Crippen molar-refractivity contribution in [2.75, 3.05) is 18.4 Å². The zero-order valence-electron chi connectivity index (χ0n) is 25.7. The summed E-state index contributed by atoms with van der Waals surface area (Å²) in [4.78, 5) is 31.0. The number of carbonyl (C=O) groups excluding carboxylic acids is 1. The van der Waals surface area contributed by atoms with Crippen molar-refractivity contribution in [3.8, 4) is 17.1 Å². The number of benzene rings is 2. The molecule has 2 fully saturated rings. The van der Waals surface area contributed by atoms with Crippen LogP contribution in [0.5, 0.6) is 0 Å². The van der Waals surface area contributed by atoms with E-state index in [4.69, 9.17) is 4.98 Å². The standard InChI is InChI=1S/C36H38FN5O3/c1-21-17-26(24-13-15-41(16-14-24)33(43)18-23-9-10-23)19-29(37)35(21)40-31-12-11-25-5-3-6-27(34(25)31)30-7-4-8-32(39-30)42-22(2)28(20-38-42)36(44)45/h3-8,17,19-20,23-24,31,40H,9-16,18H2,1-2H3,(H,44,45). The van der Waals surface area contributed by atoms with Crippen LogP contribution in [0.1, 0.15) is 88.8 Å². The molecule has 2 aromatic carbocycles. The molecule has 8 nitrogen and oxygen atoms in total. The Morgan fingerprint density at radius 2 is 1.80 bits per heavy atom. The Hall–Kier alpha value is -4.53. The number of aromatic nitrogens is 3. The molecule has 0 radical (unpaired) electrons. The van der Waals surface area contributed by atoms with E-state index in [-0.39, 0.29) is 29.2 Å². The molecular formula is C36H38FN5O3. The monoisotopic (exact) mass is 607 g/mol. The van der Waals surface area contributed by atoms with Gasteiger partial charge in [0.2, 0.25) is 5.91 Å². The van der Waals surface area contributed by atoms with Gasteiger partial charge in [-0.25, -0.2) is 18.9 Å². The number of carboxylic acids is 1. The first kappa shape index (κ1) is 29.2. The third-order valence-electron chi connectivity index (χ3n) is 9.82. The van der Waals surface area contributed by atoms with E-state index < -0.39 is 5.97 Å². The molecule has 0 bridgehead atoms. The maximum absolute atomic E-state index is 15.8. The SMILES string of the molecule is Cc1cc(C2CCN(C(=O)CC3CC3)CC2)cc(F)c1NC1CCc2cccc(-c3cccc(-n4ncc(C(=O)O)c4C)n3)c21. The van der Waals surface area contributed by atoms with E-state index in [0.29, 0.717) is 29.5 Å². The average molecular weight is 608 g/mol. The van der Waals surface area contributed by atoms with Crippen molar-refractivity contribution < 1.29 is 19.1 Å². The van der Waals surface area contributed by atoms with E-state index in [1.165, 1.54) is 24.6 Å². The summed E-state index contributed by atoms with van der Waals surface area (Å²) in [7, 11) is 0. The molecule has 0 spiro atoms. The van der Waals surface area contributed by atoms with Gasteiger partial charge in [-0.3, -0.25) is 4.79 Å². The third-order valence-corrected chi connectivity index (χ3v) is 9.82. The molecule has 1 saturated heterocycles. The molecule has 232 valence electrons. The predicted octanol–water partition coefficient (Wildman–Crippen LogP) is 6.99. The highest BCUT2D eigenvalue weighted by Gasteiger charge is 2.31. The number of aromatic carboxylic acids is 1. The molecule has 3 heterocycles. The lowest BCUT2D eigenvalue weighted by Gasteiger charge is -2.33. The lowest BCUT2D eigenvalue weighted by atomic mass is 9.88. The van der Waals surface area contributed by atoms with E-state index in [1.807, 2.05) is 42.2 Å². The van der Waals surface area contributed by atoms with E-state index in [0.717, 1.165) is 66.7 Å². The maximum atomic E-state index is 15.8. The number of halogens is 1. The van der Waals surface area contributed by atoms with Crippen LogP contribution in [0.3, 0.4) is 0 Å². The maximum Gasteiger partial charge on any atom is 0.339 e. The molecule has 1 unspecified atom stereocenters. The predicted molar refractivity (Wildman–Crippen MR) is 170 cm³/mol. The van der Waals surface area contributed by atoms with Crippen molar-refractivity contribution in [3.05, 3.63) is 94.1 Å². The number of likely N-dealkylation sites (tertiary alicyclic amines) is 1. The van der Waals surface area contributed by atoms with Crippen molar-refractivity contribution in [1.29, 1.82) is 0 Å². The number of carbonyl (C=O) groups is 2. The van der Waals surface area contributed by atoms with Gasteiger partial charge in [0.05, 0.1) is 29.3 Å². The Labute approximate surface area is 262 Å². The Kier molecular flexibility index (Phi) is 7.63. The summed E-state index contributed by atoms with van der Waals surface area (Å²) in [6.07, 6.45) is 7.83. The van der Waals surface area contributed by atoms with Crippen LogP contribution in [-0.2, 0) is 11.2 Å². The Morgan fingerprint density at radius 3 is 2.51 bits per heavy atom. The van der Waals surface area contributed by atoms with Crippen molar-refractivity contribution in [1.82, 2.24) is 19.7 Å². The summed E-state index contributed by atoms with van der Waals surface area (Å²) in [6, 6.07) is 15.5. The highest BCUT2D eigenvalue weighted by atomic mass is 19.1. The van der Waals surface area contributed by atoms with Gasteiger partial charge in [-0.1, -0.05) is 30.3 Å². The van der Waals surface area contributed by atoms with Gasteiger partial charge in [-0.05, 0) is 105 Å². The van der Waals surface area contributed by atoms with Crippen LogP contribution in [0.15, 0.2) is 54.7 Å². The molecule has 45 heavy (non-hydrogen) atoms. The number of hydrogen-bond donors (Lipinski definition) is 2. The summed E-state index contributed by atoms with van der Waals surface area (Å²) in [5.74, 6) is 0.386. The number of carboxylic acid groups (broad SMARTS) is 1. The number of amides is 1. The summed E-state index contributed by atoms with van der Waals surface area (Å²) in [5, 5.41) is 17.3. The molecule has 1 saturated carbocycles. The number of hydrogen-bond acceptors (Lipinski definition) is 5. The number of anilines is 1.